The summed E-state index contributed by atoms with van der Waals surface area (Å²) in [4.78, 5) is 15.0. The van der Waals surface area contributed by atoms with Crippen molar-refractivity contribution in [3.63, 3.8) is 0 Å². The lowest BCUT2D eigenvalue weighted by Gasteiger charge is -2.03. The highest BCUT2D eigenvalue weighted by Crippen LogP contribution is 2.19. The third kappa shape index (κ3) is 1.41. The number of fused-ring (bicyclic) bond motifs is 1. The van der Waals surface area contributed by atoms with Gasteiger partial charge in [0.15, 0.2) is 0 Å². The van der Waals surface area contributed by atoms with E-state index in [1.165, 1.54) is 6.07 Å². The van der Waals surface area contributed by atoms with E-state index in [1.807, 2.05) is 6.92 Å². The average molecular weight is 205 g/mol. The van der Waals surface area contributed by atoms with Crippen molar-refractivity contribution in [1.82, 2.24) is 9.55 Å². The van der Waals surface area contributed by atoms with E-state index < -0.39 is 5.97 Å². The molecule has 0 unspecified atom stereocenters. The van der Waals surface area contributed by atoms with Crippen LogP contribution in [-0.2, 0) is 6.54 Å². The minimum atomic E-state index is -0.951. The number of carboxylic acids is 1. The number of carboxylic acid groups (broad SMARTS) is 1. The molecule has 0 amide bonds. The second-order valence-electron chi connectivity index (χ2n) is 3.22. The van der Waals surface area contributed by atoms with Gasteiger partial charge in [-0.3, -0.25) is 0 Å². The molecule has 0 aliphatic rings. The number of nitrogen functional groups attached to an aromatic ring is 1. The largest absolute Gasteiger partial charge is 0.477 e. The van der Waals surface area contributed by atoms with Crippen molar-refractivity contribution < 1.29 is 9.90 Å². The van der Waals surface area contributed by atoms with Gasteiger partial charge in [0, 0.05) is 6.54 Å². The van der Waals surface area contributed by atoms with E-state index in [1.54, 1.807) is 16.7 Å². The molecule has 2 aromatic rings. The topological polar surface area (TPSA) is 81.1 Å². The van der Waals surface area contributed by atoms with Gasteiger partial charge in [-0.2, -0.15) is 0 Å². The Labute approximate surface area is 86.1 Å². The minimum Gasteiger partial charge on any atom is -0.477 e. The van der Waals surface area contributed by atoms with E-state index in [0.29, 0.717) is 17.9 Å². The van der Waals surface area contributed by atoms with Gasteiger partial charge in [0.05, 0.1) is 11.0 Å². The number of anilines is 1. The maximum Gasteiger partial charge on any atom is 0.352 e. The van der Waals surface area contributed by atoms with Gasteiger partial charge in [0.2, 0.25) is 0 Å². The maximum absolute atomic E-state index is 11.0. The lowest BCUT2D eigenvalue weighted by molar-refractivity contribution is 0.0686. The zero-order chi connectivity index (χ0) is 11.0. The van der Waals surface area contributed by atoms with Crippen molar-refractivity contribution in [3.8, 4) is 0 Å². The number of aryl methyl sites for hydroxylation is 1. The Morgan fingerprint density at radius 1 is 1.60 bits per heavy atom. The highest BCUT2D eigenvalue weighted by Gasteiger charge is 2.13. The fourth-order valence-electron chi connectivity index (χ4n) is 1.67. The standard InChI is InChI=1S/C10H11N3O2/c1-2-13-7-3-4-9(11)12-6(7)5-8(13)10(14)15/h3-5H,2H2,1H3,(H2,11,12)(H,14,15). The zero-order valence-electron chi connectivity index (χ0n) is 8.27. The summed E-state index contributed by atoms with van der Waals surface area (Å²) in [6.45, 7) is 2.49. The number of hydrogen-bond acceptors (Lipinski definition) is 3. The number of nitrogens with two attached hydrogens (primary N) is 1. The van der Waals surface area contributed by atoms with E-state index in [2.05, 4.69) is 4.98 Å². The number of hydrogen-bond donors (Lipinski definition) is 2. The summed E-state index contributed by atoms with van der Waals surface area (Å²) in [5.74, 6) is -0.555. The number of nitrogens with zero attached hydrogens (tertiary/aromatic N) is 2. The normalized spacial score (nSPS) is 10.7. The molecule has 0 aliphatic carbocycles. The van der Waals surface area contributed by atoms with Gasteiger partial charge in [0.1, 0.15) is 11.5 Å². The van der Waals surface area contributed by atoms with Crippen LogP contribution in [0, 0.1) is 0 Å². The second kappa shape index (κ2) is 3.27. The molecular weight excluding hydrogens is 194 g/mol. The van der Waals surface area contributed by atoms with Crippen LogP contribution < -0.4 is 5.73 Å². The number of rotatable bonds is 2. The van der Waals surface area contributed by atoms with Gasteiger partial charge in [-0.15, -0.1) is 0 Å². The number of carbonyl (C=O) groups is 1. The first kappa shape index (κ1) is 9.51. The SMILES string of the molecule is CCn1c(C(=O)O)cc2nc(N)ccc21. The molecule has 78 valence electrons. The van der Waals surface area contributed by atoms with Crippen LogP contribution in [0.15, 0.2) is 18.2 Å². The van der Waals surface area contributed by atoms with Gasteiger partial charge < -0.3 is 15.4 Å². The first-order chi connectivity index (χ1) is 7.13. The molecule has 2 rings (SSSR count). The Bertz CT molecular complexity index is 531. The van der Waals surface area contributed by atoms with E-state index in [4.69, 9.17) is 10.8 Å². The molecule has 2 heterocycles. The van der Waals surface area contributed by atoms with Gasteiger partial charge in [0.25, 0.3) is 0 Å². The molecule has 0 radical (unpaired) electrons. The van der Waals surface area contributed by atoms with Gasteiger partial charge >= 0.3 is 5.97 Å². The quantitative estimate of drug-likeness (QED) is 0.775. The van der Waals surface area contributed by atoms with E-state index in [-0.39, 0.29) is 5.69 Å². The Hall–Kier alpha value is -2.04. The maximum atomic E-state index is 11.0. The van der Waals surface area contributed by atoms with E-state index in [0.717, 1.165) is 5.52 Å². The fraction of sp³-hybridized carbons (Fsp3) is 0.200. The van der Waals surface area contributed by atoms with Crippen LogP contribution in [0.25, 0.3) is 11.0 Å². The summed E-state index contributed by atoms with van der Waals surface area (Å²) >= 11 is 0. The van der Waals surface area contributed by atoms with Crippen LogP contribution in [-0.4, -0.2) is 20.6 Å². The summed E-state index contributed by atoms with van der Waals surface area (Å²) in [6.07, 6.45) is 0. The molecule has 0 spiro atoms. The van der Waals surface area contributed by atoms with Crippen LogP contribution in [0.4, 0.5) is 5.82 Å². The average Bonchev–Trinajstić information content (AvgIpc) is 2.55. The molecule has 0 atom stereocenters. The van der Waals surface area contributed by atoms with Gasteiger partial charge in [-0.05, 0) is 25.1 Å². The predicted octanol–water partition coefficient (Wildman–Crippen LogP) is 1.34. The summed E-state index contributed by atoms with van der Waals surface area (Å²) in [6, 6.07) is 4.99. The molecule has 15 heavy (non-hydrogen) atoms. The molecular formula is C10H11N3O2. The smallest absolute Gasteiger partial charge is 0.352 e. The molecule has 0 aliphatic heterocycles. The summed E-state index contributed by atoms with van der Waals surface area (Å²) in [7, 11) is 0. The summed E-state index contributed by atoms with van der Waals surface area (Å²) in [5.41, 5.74) is 7.19. The Morgan fingerprint density at radius 3 is 2.93 bits per heavy atom. The first-order valence-corrected chi connectivity index (χ1v) is 4.62. The van der Waals surface area contributed by atoms with Gasteiger partial charge in [-0.25, -0.2) is 9.78 Å². The lowest BCUT2D eigenvalue weighted by Crippen LogP contribution is -2.06. The molecule has 0 saturated heterocycles. The molecule has 0 saturated carbocycles. The van der Waals surface area contributed by atoms with Crippen molar-refractivity contribution >= 4 is 22.8 Å². The molecule has 3 N–H and O–H groups in total. The Balaban J connectivity index is 2.78. The van der Waals surface area contributed by atoms with E-state index in [9.17, 15) is 4.79 Å². The van der Waals surface area contributed by atoms with Gasteiger partial charge in [-0.1, -0.05) is 0 Å². The van der Waals surface area contributed by atoms with Crippen molar-refractivity contribution in [1.29, 1.82) is 0 Å². The fourth-order valence-corrected chi connectivity index (χ4v) is 1.67. The first-order valence-electron chi connectivity index (χ1n) is 4.62. The van der Waals surface area contributed by atoms with Crippen LogP contribution in [0.1, 0.15) is 17.4 Å². The van der Waals surface area contributed by atoms with Crippen molar-refractivity contribution in [2.24, 2.45) is 0 Å². The molecule has 5 heteroatoms. The van der Waals surface area contributed by atoms with Crippen LogP contribution in [0.3, 0.4) is 0 Å². The Kier molecular flexibility index (Phi) is 2.07. The highest BCUT2D eigenvalue weighted by atomic mass is 16.4. The van der Waals surface area contributed by atoms with Crippen molar-refractivity contribution in [3.05, 3.63) is 23.9 Å². The minimum absolute atomic E-state index is 0.241. The van der Waals surface area contributed by atoms with Crippen LogP contribution in [0.5, 0.6) is 0 Å². The summed E-state index contributed by atoms with van der Waals surface area (Å²) in [5, 5.41) is 8.99. The molecule has 0 fully saturated rings. The van der Waals surface area contributed by atoms with Crippen molar-refractivity contribution in [2.75, 3.05) is 5.73 Å². The number of aromatic carboxylic acids is 1. The number of aromatic nitrogens is 2. The monoisotopic (exact) mass is 205 g/mol. The molecule has 5 nitrogen and oxygen atoms in total. The van der Waals surface area contributed by atoms with Crippen LogP contribution in [0.2, 0.25) is 0 Å². The lowest BCUT2D eigenvalue weighted by atomic mass is 10.3. The van der Waals surface area contributed by atoms with E-state index >= 15 is 0 Å². The third-order valence-corrected chi connectivity index (χ3v) is 2.31. The number of pyridine rings is 1. The summed E-state index contributed by atoms with van der Waals surface area (Å²) < 4.78 is 1.70. The molecule has 2 aromatic heterocycles. The molecule has 0 bridgehead atoms. The van der Waals surface area contributed by atoms with Crippen LogP contribution >= 0.6 is 0 Å². The Morgan fingerprint density at radius 2 is 2.33 bits per heavy atom. The zero-order valence-corrected chi connectivity index (χ0v) is 8.27. The third-order valence-electron chi connectivity index (χ3n) is 2.31. The molecule has 0 aromatic carbocycles. The highest BCUT2D eigenvalue weighted by molar-refractivity contribution is 5.93. The second-order valence-corrected chi connectivity index (χ2v) is 3.22. The predicted molar refractivity (Wildman–Crippen MR) is 56.8 cm³/mol. The van der Waals surface area contributed by atoms with Crippen molar-refractivity contribution in [2.45, 2.75) is 13.5 Å².